The van der Waals surface area contributed by atoms with Crippen molar-refractivity contribution in [2.24, 2.45) is 5.73 Å². The highest BCUT2D eigenvalue weighted by Crippen LogP contribution is 2.11. The molecular formula is C10H19N3O. The molecule has 2 N–H and O–H groups in total. The molecule has 1 unspecified atom stereocenters. The minimum Gasteiger partial charge on any atom is -0.336 e. The van der Waals surface area contributed by atoms with E-state index in [1.165, 1.54) is 0 Å². The van der Waals surface area contributed by atoms with Crippen LogP contribution in [0.2, 0.25) is 0 Å². The Kier molecular flexibility index (Phi) is 4.10. The van der Waals surface area contributed by atoms with Gasteiger partial charge in [-0.05, 0) is 20.0 Å². The van der Waals surface area contributed by atoms with Gasteiger partial charge in [-0.15, -0.1) is 6.58 Å². The standard InChI is InChI=1S/C10H19N3O/c1-3-6-13-8-7-12(2)9(4-5-11)10(13)14/h3,9H,1,4-8,11H2,2H3. The maximum absolute atomic E-state index is 11.9. The van der Waals surface area contributed by atoms with E-state index in [-0.39, 0.29) is 11.9 Å². The van der Waals surface area contributed by atoms with Gasteiger partial charge >= 0.3 is 0 Å². The fraction of sp³-hybridized carbons (Fsp3) is 0.700. The predicted octanol–water partition coefficient (Wildman–Crippen LogP) is -0.336. The Morgan fingerprint density at radius 1 is 1.64 bits per heavy atom. The molecule has 1 rings (SSSR count). The van der Waals surface area contributed by atoms with Crippen LogP contribution in [0, 0.1) is 0 Å². The van der Waals surface area contributed by atoms with E-state index in [9.17, 15) is 4.79 Å². The first-order chi connectivity index (χ1) is 6.70. The topological polar surface area (TPSA) is 49.6 Å². The van der Waals surface area contributed by atoms with Gasteiger partial charge in [0.2, 0.25) is 5.91 Å². The van der Waals surface area contributed by atoms with Crippen LogP contribution in [0.4, 0.5) is 0 Å². The van der Waals surface area contributed by atoms with Crippen LogP contribution in [0.5, 0.6) is 0 Å². The van der Waals surface area contributed by atoms with Crippen LogP contribution in [0.25, 0.3) is 0 Å². The summed E-state index contributed by atoms with van der Waals surface area (Å²) in [6, 6.07) is -0.0336. The fourth-order valence-corrected chi connectivity index (χ4v) is 1.78. The Hall–Kier alpha value is -0.870. The van der Waals surface area contributed by atoms with E-state index >= 15 is 0 Å². The highest BCUT2D eigenvalue weighted by molar-refractivity contribution is 5.82. The zero-order chi connectivity index (χ0) is 10.6. The molecule has 0 aliphatic carbocycles. The van der Waals surface area contributed by atoms with E-state index in [4.69, 9.17) is 5.73 Å². The fourth-order valence-electron chi connectivity index (χ4n) is 1.78. The second kappa shape index (κ2) is 5.12. The summed E-state index contributed by atoms with van der Waals surface area (Å²) in [5.41, 5.74) is 5.49. The van der Waals surface area contributed by atoms with Crippen molar-refractivity contribution in [3.8, 4) is 0 Å². The lowest BCUT2D eigenvalue weighted by molar-refractivity contribution is -0.140. The first kappa shape index (κ1) is 11.2. The molecule has 1 atom stereocenters. The summed E-state index contributed by atoms with van der Waals surface area (Å²) in [7, 11) is 1.98. The van der Waals surface area contributed by atoms with Crippen LogP contribution in [0.15, 0.2) is 12.7 Å². The maximum atomic E-state index is 11.9. The van der Waals surface area contributed by atoms with Gasteiger partial charge in [-0.2, -0.15) is 0 Å². The summed E-state index contributed by atoms with van der Waals surface area (Å²) < 4.78 is 0. The molecular weight excluding hydrogens is 178 g/mol. The number of hydrogen-bond donors (Lipinski definition) is 1. The summed E-state index contributed by atoms with van der Waals surface area (Å²) in [5, 5.41) is 0. The highest BCUT2D eigenvalue weighted by atomic mass is 16.2. The van der Waals surface area contributed by atoms with Gasteiger partial charge in [0.1, 0.15) is 0 Å². The van der Waals surface area contributed by atoms with Crippen molar-refractivity contribution in [2.75, 3.05) is 33.2 Å². The highest BCUT2D eigenvalue weighted by Gasteiger charge is 2.30. The Balaban J connectivity index is 2.61. The zero-order valence-corrected chi connectivity index (χ0v) is 8.78. The van der Waals surface area contributed by atoms with Crippen molar-refractivity contribution in [1.29, 1.82) is 0 Å². The summed E-state index contributed by atoms with van der Waals surface area (Å²) >= 11 is 0. The van der Waals surface area contributed by atoms with Crippen LogP contribution in [-0.2, 0) is 4.79 Å². The average Bonchev–Trinajstić information content (AvgIpc) is 2.17. The van der Waals surface area contributed by atoms with Gasteiger partial charge in [0.25, 0.3) is 0 Å². The van der Waals surface area contributed by atoms with E-state index < -0.39 is 0 Å². The van der Waals surface area contributed by atoms with Gasteiger partial charge in [0.05, 0.1) is 6.04 Å². The number of carbonyl (C=O) groups is 1. The third kappa shape index (κ3) is 2.33. The molecule has 1 saturated heterocycles. The molecule has 80 valence electrons. The van der Waals surface area contributed by atoms with Crippen molar-refractivity contribution in [2.45, 2.75) is 12.5 Å². The van der Waals surface area contributed by atoms with Gasteiger partial charge < -0.3 is 10.6 Å². The number of nitrogens with two attached hydrogens (primary N) is 1. The molecule has 0 radical (unpaired) electrons. The predicted molar refractivity (Wildman–Crippen MR) is 56.9 cm³/mol. The monoisotopic (exact) mass is 197 g/mol. The molecule has 1 heterocycles. The van der Waals surface area contributed by atoms with Crippen molar-refractivity contribution in [3.63, 3.8) is 0 Å². The van der Waals surface area contributed by atoms with E-state index in [1.807, 2.05) is 11.9 Å². The number of nitrogens with zero attached hydrogens (tertiary/aromatic N) is 2. The number of amides is 1. The summed E-state index contributed by atoms with van der Waals surface area (Å²) in [6.07, 6.45) is 2.51. The lowest BCUT2D eigenvalue weighted by atomic mass is 10.1. The van der Waals surface area contributed by atoms with E-state index in [1.54, 1.807) is 6.08 Å². The number of hydrogen-bond acceptors (Lipinski definition) is 3. The minimum absolute atomic E-state index is 0.0336. The minimum atomic E-state index is -0.0336. The third-order valence-electron chi connectivity index (χ3n) is 2.64. The normalized spacial score (nSPS) is 24.0. The molecule has 1 amide bonds. The first-order valence-electron chi connectivity index (χ1n) is 5.00. The molecule has 1 aliphatic heterocycles. The molecule has 0 aromatic rings. The van der Waals surface area contributed by atoms with Crippen LogP contribution >= 0.6 is 0 Å². The van der Waals surface area contributed by atoms with Crippen LogP contribution in [0.3, 0.4) is 0 Å². The second-order valence-corrected chi connectivity index (χ2v) is 3.65. The molecule has 0 aromatic heterocycles. The summed E-state index contributed by atoms with van der Waals surface area (Å²) in [5.74, 6) is 0.184. The molecule has 0 bridgehead atoms. The van der Waals surface area contributed by atoms with E-state index in [0.29, 0.717) is 13.1 Å². The Bertz CT molecular complexity index is 217. The average molecular weight is 197 g/mol. The van der Waals surface area contributed by atoms with Crippen molar-refractivity contribution >= 4 is 5.91 Å². The quantitative estimate of drug-likeness (QED) is 0.627. The van der Waals surface area contributed by atoms with Crippen molar-refractivity contribution in [3.05, 3.63) is 12.7 Å². The lowest BCUT2D eigenvalue weighted by Gasteiger charge is -2.38. The SMILES string of the molecule is C=CCN1CCN(C)C(CCN)C1=O. The number of likely N-dealkylation sites (N-methyl/N-ethyl adjacent to an activating group) is 1. The van der Waals surface area contributed by atoms with Crippen LogP contribution < -0.4 is 5.73 Å². The number of rotatable bonds is 4. The molecule has 4 heteroatoms. The molecule has 1 aliphatic rings. The van der Waals surface area contributed by atoms with Gasteiger partial charge in [-0.1, -0.05) is 6.08 Å². The molecule has 0 spiro atoms. The number of piperazine rings is 1. The van der Waals surface area contributed by atoms with Gasteiger partial charge in [0, 0.05) is 19.6 Å². The summed E-state index contributed by atoms with van der Waals surface area (Å²) in [4.78, 5) is 15.8. The zero-order valence-electron chi connectivity index (χ0n) is 8.78. The van der Waals surface area contributed by atoms with Crippen molar-refractivity contribution < 1.29 is 4.79 Å². The largest absolute Gasteiger partial charge is 0.336 e. The third-order valence-corrected chi connectivity index (χ3v) is 2.64. The maximum Gasteiger partial charge on any atom is 0.240 e. The van der Waals surface area contributed by atoms with Gasteiger partial charge in [0.15, 0.2) is 0 Å². The molecule has 0 aromatic carbocycles. The molecule has 14 heavy (non-hydrogen) atoms. The first-order valence-corrected chi connectivity index (χ1v) is 5.00. The van der Waals surface area contributed by atoms with E-state index in [2.05, 4.69) is 11.5 Å². The van der Waals surface area contributed by atoms with Crippen molar-refractivity contribution in [1.82, 2.24) is 9.80 Å². The lowest BCUT2D eigenvalue weighted by Crippen LogP contribution is -2.55. The summed E-state index contributed by atoms with van der Waals surface area (Å²) in [6.45, 7) is 6.57. The molecule has 1 fully saturated rings. The van der Waals surface area contributed by atoms with Gasteiger partial charge in [-0.25, -0.2) is 0 Å². The Morgan fingerprint density at radius 2 is 2.36 bits per heavy atom. The Labute approximate surface area is 85.3 Å². The number of carbonyl (C=O) groups excluding carboxylic acids is 1. The molecule has 4 nitrogen and oxygen atoms in total. The molecule has 0 saturated carbocycles. The smallest absolute Gasteiger partial charge is 0.240 e. The van der Waals surface area contributed by atoms with Crippen LogP contribution in [-0.4, -0.2) is 55.0 Å². The van der Waals surface area contributed by atoms with E-state index in [0.717, 1.165) is 19.5 Å². The van der Waals surface area contributed by atoms with Gasteiger partial charge in [-0.3, -0.25) is 9.69 Å². The van der Waals surface area contributed by atoms with Crippen LogP contribution in [0.1, 0.15) is 6.42 Å². The second-order valence-electron chi connectivity index (χ2n) is 3.65. The Morgan fingerprint density at radius 3 is 2.93 bits per heavy atom.